The fourth-order valence-electron chi connectivity index (χ4n) is 3.50. The Balaban J connectivity index is 1.51. The molecule has 35 heavy (non-hydrogen) atoms. The molecule has 1 aromatic heterocycles. The lowest BCUT2D eigenvalue weighted by Crippen LogP contribution is -2.38. The molecule has 0 unspecified atom stereocenters. The van der Waals surface area contributed by atoms with Crippen molar-refractivity contribution in [1.29, 1.82) is 0 Å². The zero-order valence-electron chi connectivity index (χ0n) is 17.9. The maximum absolute atomic E-state index is 13.3. The molecule has 0 saturated carbocycles. The number of benzene rings is 2. The fraction of sp³-hybridized carbons (Fsp3) is 0.217. The van der Waals surface area contributed by atoms with E-state index in [0.717, 1.165) is 12.1 Å². The van der Waals surface area contributed by atoms with Gasteiger partial charge in [-0.1, -0.05) is 23.2 Å². The molecule has 6 nitrogen and oxygen atoms in total. The molecule has 1 fully saturated rings. The second-order valence-electron chi connectivity index (χ2n) is 7.53. The number of morpholine rings is 1. The van der Waals surface area contributed by atoms with Gasteiger partial charge in [0, 0.05) is 23.7 Å². The molecule has 0 radical (unpaired) electrons. The van der Waals surface area contributed by atoms with E-state index in [-0.39, 0.29) is 16.6 Å². The van der Waals surface area contributed by atoms with Crippen molar-refractivity contribution in [1.82, 2.24) is 5.32 Å². The summed E-state index contributed by atoms with van der Waals surface area (Å²) in [5, 5.41) is 5.75. The molecule has 1 aliphatic heterocycles. The summed E-state index contributed by atoms with van der Waals surface area (Å²) in [5.74, 6) is -0.408. The highest BCUT2D eigenvalue weighted by atomic mass is 35.5. The van der Waals surface area contributed by atoms with E-state index in [4.69, 9.17) is 44.6 Å². The Morgan fingerprint density at radius 3 is 2.46 bits per heavy atom. The second-order valence-corrected chi connectivity index (χ2v) is 8.78. The van der Waals surface area contributed by atoms with Crippen molar-refractivity contribution in [3.8, 4) is 11.3 Å². The van der Waals surface area contributed by atoms with Gasteiger partial charge in [-0.15, -0.1) is 0 Å². The third-order valence-corrected chi connectivity index (χ3v) is 5.93. The van der Waals surface area contributed by atoms with Gasteiger partial charge in [0.15, 0.2) is 10.9 Å². The minimum atomic E-state index is -4.54. The first-order valence-electron chi connectivity index (χ1n) is 10.3. The zero-order valence-corrected chi connectivity index (χ0v) is 20.2. The molecule has 0 bridgehead atoms. The van der Waals surface area contributed by atoms with Crippen molar-refractivity contribution in [2.45, 2.75) is 6.18 Å². The normalized spacial score (nSPS) is 14.0. The molecule has 1 aliphatic rings. The van der Waals surface area contributed by atoms with E-state index < -0.39 is 17.6 Å². The number of alkyl halides is 3. The Hall–Kier alpha value is -2.79. The van der Waals surface area contributed by atoms with Gasteiger partial charge in [-0.3, -0.25) is 10.1 Å². The lowest BCUT2D eigenvalue weighted by Gasteiger charge is -2.31. The van der Waals surface area contributed by atoms with Gasteiger partial charge >= 0.3 is 6.18 Å². The van der Waals surface area contributed by atoms with Gasteiger partial charge in [0.2, 0.25) is 0 Å². The summed E-state index contributed by atoms with van der Waals surface area (Å²) in [7, 11) is 0. The van der Waals surface area contributed by atoms with Gasteiger partial charge in [-0.25, -0.2) is 0 Å². The summed E-state index contributed by atoms with van der Waals surface area (Å²) in [6, 6.07) is 11.1. The van der Waals surface area contributed by atoms with Crippen LogP contribution in [0.15, 0.2) is 52.9 Å². The predicted octanol–water partition coefficient (Wildman–Crippen LogP) is 6.24. The summed E-state index contributed by atoms with van der Waals surface area (Å²) in [5.41, 5.74) is 0.312. The molecule has 2 heterocycles. The zero-order chi connectivity index (χ0) is 25.2. The number of hydrogen-bond donors (Lipinski definition) is 2. The average molecular weight is 544 g/mol. The average Bonchev–Trinajstić information content (AvgIpc) is 3.29. The molecule has 4 rings (SSSR count). The highest BCUT2D eigenvalue weighted by molar-refractivity contribution is 7.80. The molecule has 0 spiro atoms. The second kappa shape index (κ2) is 10.4. The smallest absolute Gasteiger partial charge is 0.416 e. The Bertz CT molecular complexity index is 1260. The van der Waals surface area contributed by atoms with Crippen molar-refractivity contribution in [3.05, 3.63) is 69.9 Å². The third-order valence-electron chi connectivity index (χ3n) is 5.18. The Kier molecular flexibility index (Phi) is 7.56. The van der Waals surface area contributed by atoms with E-state index in [1.54, 1.807) is 24.3 Å². The number of anilines is 2. The van der Waals surface area contributed by atoms with Gasteiger partial charge in [0.25, 0.3) is 5.91 Å². The standard InChI is InChI=1S/C23H18Cl2F3N3O3S/c24-14-2-3-15(16(25)12-14)19-5-6-20(34-19)21(32)30-22(35)29-17-11-13(23(26,27)28)1-4-18(17)31-7-9-33-10-8-31/h1-6,11-12H,7-10H2,(H2,29,30,32,35). The van der Waals surface area contributed by atoms with Crippen LogP contribution in [0.25, 0.3) is 11.3 Å². The molecule has 1 amide bonds. The van der Waals surface area contributed by atoms with Gasteiger partial charge in [0.1, 0.15) is 5.76 Å². The van der Waals surface area contributed by atoms with Crippen LogP contribution >= 0.6 is 35.4 Å². The molecular weight excluding hydrogens is 526 g/mol. The first-order chi connectivity index (χ1) is 16.6. The number of thiocarbonyl (C=S) groups is 1. The maximum Gasteiger partial charge on any atom is 0.416 e. The van der Waals surface area contributed by atoms with Gasteiger partial charge in [-0.05, 0) is 60.7 Å². The lowest BCUT2D eigenvalue weighted by atomic mass is 10.1. The quantitative estimate of drug-likeness (QED) is 0.380. The van der Waals surface area contributed by atoms with Crippen LogP contribution in [0, 0.1) is 0 Å². The van der Waals surface area contributed by atoms with Crippen LogP contribution < -0.4 is 15.5 Å². The van der Waals surface area contributed by atoms with Crippen LogP contribution in [-0.4, -0.2) is 37.3 Å². The number of hydrogen-bond acceptors (Lipinski definition) is 5. The fourth-order valence-corrected chi connectivity index (χ4v) is 4.21. The van der Waals surface area contributed by atoms with Crippen LogP contribution in [0.2, 0.25) is 10.0 Å². The maximum atomic E-state index is 13.3. The molecule has 0 aliphatic carbocycles. The molecule has 2 aromatic carbocycles. The van der Waals surface area contributed by atoms with Gasteiger partial charge in [-0.2, -0.15) is 13.2 Å². The molecule has 0 atom stereocenters. The number of halogens is 5. The summed E-state index contributed by atoms with van der Waals surface area (Å²) in [6.45, 7) is 1.89. The number of carbonyl (C=O) groups is 1. The van der Waals surface area contributed by atoms with Crippen LogP contribution in [0.3, 0.4) is 0 Å². The van der Waals surface area contributed by atoms with Crippen molar-refractivity contribution in [3.63, 3.8) is 0 Å². The summed E-state index contributed by atoms with van der Waals surface area (Å²) < 4.78 is 50.8. The monoisotopic (exact) mass is 543 g/mol. The van der Waals surface area contributed by atoms with E-state index >= 15 is 0 Å². The predicted molar refractivity (Wildman–Crippen MR) is 132 cm³/mol. The van der Waals surface area contributed by atoms with Crippen LogP contribution in [-0.2, 0) is 10.9 Å². The van der Waals surface area contributed by atoms with E-state index in [2.05, 4.69) is 10.6 Å². The Morgan fingerprint density at radius 1 is 1.03 bits per heavy atom. The van der Waals surface area contributed by atoms with E-state index in [9.17, 15) is 18.0 Å². The summed E-state index contributed by atoms with van der Waals surface area (Å²) in [4.78, 5) is 14.5. The minimum absolute atomic E-state index is 0.0624. The first-order valence-corrected chi connectivity index (χ1v) is 11.5. The molecule has 2 N–H and O–H groups in total. The molecular formula is C23H18Cl2F3N3O3S. The highest BCUT2D eigenvalue weighted by Crippen LogP contribution is 2.36. The first kappa shape index (κ1) is 25.3. The Labute approximate surface area is 213 Å². The number of nitrogens with zero attached hydrogens (tertiary/aromatic N) is 1. The van der Waals surface area contributed by atoms with E-state index in [0.29, 0.717) is 53.4 Å². The molecule has 1 saturated heterocycles. The van der Waals surface area contributed by atoms with E-state index in [1.165, 1.54) is 12.1 Å². The largest absolute Gasteiger partial charge is 0.451 e. The van der Waals surface area contributed by atoms with Crippen LogP contribution in [0.1, 0.15) is 16.1 Å². The SMILES string of the molecule is O=C(NC(=S)Nc1cc(C(F)(F)F)ccc1N1CCOCC1)c1ccc(-c2ccc(Cl)cc2Cl)o1. The van der Waals surface area contributed by atoms with Gasteiger partial charge < -0.3 is 19.4 Å². The number of ether oxygens (including phenoxy) is 1. The third kappa shape index (κ3) is 6.07. The molecule has 12 heteroatoms. The number of amides is 1. The van der Waals surface area contributed by atoms with Crippen LogP contribution in [0.4, 0.5) is 24.5 Å². The van der Waals surface area contributed by atoms with Crippen molar-refractivity contribution in [2.75, 3.05) is 36.5 Å². The van der Waals surface area contributed by atoms with E-state index in [1.807, 2.05) is 4.90 Å². The lowest BCUT2D eigenvalue weighted by molar-refractivity contribution is -0.137. The van der Waals surface area contributed by atoms with Crippen molar-refractivity contribution < 1.29 is 27.1 Å². The topological polar surface area (TPSA) is 66.7 Å². The molecule has 184 valence electrons. The summed E-state index contributed by atoms with van der Waals surface area (Å²) >= 11 is 17.3. The molecule has 3 aromatic rings. The van der Waals surface area contributed by atoms with Crippen molar-refractivity contribution in [2.24, 2.45) is 0 Å². The minimum Gasteiger partial charge on any atom is -0.451 e. The van der Waals surface area contributed by atoms with Gasteiger partial charge in [0.05, 0.1) is 35.2 Å². The highest BCUT2D eigenvalue weighted by Gasteiger charge is 2.32. The number of rotatable bonds is 4. The summed E-state index contributed by atoms with van der Waals surface area (Å²) in [6.07, 6.45) is -4.54. The Morgan fingerprint density at radius 2 is 1.77 bits per heavy atom. The van der Waals surface area contributed by atoms with Crippen LogP contribution in [0.5, 0.6) is 0 Å². The number of nitrogens with one attached hydrogen (secondary N) is 2. The number of furan rings is 1. The number of carbonyl (C=O) groups excluding carboxylic acids is 1. The van der Waals surface area contributed by atoms with Crippen molar-refractivity contribution >= 4 is 57.8 Å².